The van der Waals surface area contributed by atoms with Crippen LogP contribution in [-0.2, 0) is 9.53 Å². The minimum absolute atomic E-state index is 0.0975. The molecule has 0 aromatic rings. The van der Waals surface area contributed by atoms with Gasteiger partial charge in [-0.15, -0.1) is 11.8 Å². The van der Waals surface area contributed by atoms with Gasteiger partial charge < -0.3 is 30.3 Å². The van der Waals surface area contributed by atoms with Gasteiger partial charge in [0, 0.05) is 5.75 Å². The lowest BCUT2D eigenvalue weighted by molar-refractivity contribution is -0.205. The van der Waals surface area contributed by atoms with E-state index in [0.717, 1.165) is 11.8 Å². The Bertz CT molecular complexity index is 260. The molecule has 0 radical (unpaired) electrons. The topological polar surface area (TPSA) is 127 Å². The van der Waals surface area contributed by atoms with E-state index >= 15 is 0 Å². The summed E-state index contributed by atoms with van der Waals surface area (Å²) in [5.41, 5.74) is -0.857. The van der Waals surface area contributed by atoms with E-state index in [1.807, 2.05) is 0 Å². The molecule has 0 spiro atoms. The molecule has 1 heterocycles. The van der Waals surface area contributed by atoms with Crippen LogP contribution in [0.4, 0.5) is 0 Å². The van der Waals surface area contributed by atoms with Crippen LogP contribution >= 0.6 is 11.8 Å². The Labute approximate surface area is 102 Å². The average Bonchev–Trinajstić information content (AvgIpc) is 2.29. The lowest BCUT2D eigenvalue weighted by atomic mass is 10.0. The van der Waals surface area contributed by atoms with Gasteiger partial charge in [0.25, 0.3) is 0 Å². The molecule has 1 aliphatic rings. The number of thioether (sulfide) groups is 1. The van der Waals surface area contributed by atoms with Crippen LogP contribution in [0.3, 0.4) is 0 Å². The van der Waals surface area contributed by atoms with Gasteiger partial charge in [0.2, 0.25) is 0 Å². The summed E-state index contributed by atoms with van der Waals surface area (Å²) in [6.07, 6.45) is -5.16. The zero-order valence-corrected chi connectivity index (χ0v) is 9.79. The molecule has 1 rings (SSSR count). The lowest BCUT2D eigenvalue weighted by Gasteiger charge is -2.39. The summed E-state index contributed by atoms with van der Waals surface area (Å²) in [4.78, 5) is 10.3. The zero-order valence-electron chi connectivity index (χ0n) is 8.97. The second-order valence-electron chi connectivity index (χ2n) is 3.71. The van der Waals surface area contributed by atoms with Gasteiger partial charge >= 0.3 is 5.97 Å². The van der Waals surface area contributed by atoms with Crippen molar-refractivity contribution < 1.29 is 35.1 Å². The van der Waals surface area contributed by atoms with Crippen molar-refractivity contribution in [1.29, 1.82) is 0 Å². The van der Waals surface area contributed by atoms with E-state index in [9.17, 15) is 20.1 Å². The summed E-state index contributed by atoms with van der Waals surface area (Å²) in [6, 6.07) is 0. The second-order valence-corrected chi connectivity index (χ2v) is 4.92. The first-order chi connectivity index (χ1) is 7.97. The smallest absolute Gasteiger partial charge is 0.304 e. The van der Waals surface area contributed by atoms with Crippen molar-refractivity contribution in [2.24, 2.45) is 0 Å². The Morgan fingerprint density at radius 2 is 1.82 bits per heavy atom. The van der Waals surface area contributed by atoms with Crippen LogP contribution in [0.5, 0.6) is 0 Å². The molecule has 0 amide bonds. The number of aliphatic hydroxyl groups is 4. The van der Waals surface area contributed by atoms with E-state index in [0.29, 0.717) is 0 Å². The Hall–Kier alpha value is -0.380. The number of carboxylic acid groups (broad SMARTS) is 1. The minimum atomic E-state index is -1.41. The molecule has 1 aliphatic heterocycles. The highest BCUT2D eigenvalue weighted by molar-refractivity contribution is 7.99. The molecule has 5 N–H and O–H groups in total. The van der Waals surface area contributed by atoms with E-state index in [1.54, 1.807) is 0 Å². The van der Waals surface area contributed by atoms with Crippen LogP contribution in [0, 0.1) is 0 Å². The fourth-order valence-corrected chi connectivity index (χ4v) is 2.57. The van der Waals surface area contributed by atoms with Gasteiger partial charge in [-0.05, 0) is 0 Å². The molecule has 8 heteroatoms. The highest BCUT2D eigenvalue weighted by Crippen LogP contribution is 2.28. The summed E-state index contributed by atoms with van der Waals surface area (Å²) >= 11 is 1.02. The minimum Gasteiger partial charge on any atom is -0.481 e. The van der Waals surface area contributed by atoms with Crippen molar-refractivity contribution in [2.75, 3.05) is 12.4 Å². The standard InChI is InChI=1S/C9H16O7S/c10-3-4-6(13)7(14)8(15)9(16-4)17-2-1-5(11)12/h4,6-10,13-15H,1-3H2,(H,11,12)/t4-,6+,7+,8-,9+/m1/s1. The van der Waals surface area contributed by atoms with Crippen LogP contribution in [0.25, 0.3) is 0 Å². The molecule has 100 valence electrons. The predicted molar refractivity (Wildman–Crippen MR) is 58.5 cm³/mol. The first-order valence-electron chi connectivity index (χ1n) is 5.11. The molecule has 0 unspecified atom stereocenters. The first-order valence-corrected chi connectivity index (χ1v) is 6.16. The largest absolute Gasteiger partial charge is 0.481 e. The molecule has 0 bridgehead atoms. The van der Waals surface area contributed by atoms with Crippen LogP contribution in [0.15, 0.2) is 0 Å². The van der Waals surface area contributed by atoms with E-state index < -0.39 is 42.4 Å². The number of ether oxygens (including phenoxy) is 1. The SMILES string of the molecule is O=C(O)CCS[C@@H]1O[C@H](CO)[C@H](O)[C@H](O)[C@H]1O. The van der Waals surface area contributed by atoms with Crippen LogP contribution in [0.2, 0.25) is 0 Å². The number of hydrogen-bond donors (Lipinski definition) is 5. The van der Waals surface area contributed by atoms with Gasteiger partial charge in [-0.2, -0.15) is 0 Å². The highest BCUT2D eigenvalue weighted by Gasteiger charge is 2.43. The van der Waals surface area contributed by atoms with Crippen LogP contribution < -0.4 is 0 Å². The van der Waals surface area contributed by atoms with Crippen molar-refractivity contribution in [3.05, 3.63) is 0 Å². The molecule has 1 fully saturated rings. The summed E-state index contributed by atoms with van der Waals surface area (Å²) in [7, 11) is 0. The Morgan fingerprint density at radius 1 is 1.18 bits per heavy atom. The summed E-state index contributed by atoms with van der Waals surface area (Å²) < 4.78 is 5.17. The Morgan fingerprint density at radius 3 is 2.35 bits per heavy atom. The fraction of sp³-hybridized carbons (Fsp3) is 0.889. The number of rotatable bonds is 5. The van der Waals surface area contributed by atoms with Crippen molar-refractivity contribution in [2.45, 2.75) is 36.3 Å². The van der Waals surface area contributed by atoms with Gasteiger partial charge in [0.05, 0.1) is 13.0 Å². The van der Waals surface area contributed by atoms with Crippen LogP contribution in [-0.4, -0.2) is 73.7 Å². The van der Waals surface area contributed by atoms with Gasteiger partial charge in [-0.1, -0.05) is 0 Å². The van der Waals surface area contributed by atoms with Gasteiger partial charge in [-0.3, -0.25) is 4.79 Å². The maximum absolute atomic E-state index is 10.3. The number of hydrogen-bond acceptors (Lipinski definition) is 7. The quantitative estimate of drug-likeness (QED) is 0.387. The second kappa shape index (κ2) is 6.53. The Balaban J connectivity index is 2.50. The molecule has 7 nitrogen and oxygen atoms in total. The van der Waals surface area contributed by atoms with E-state index in [2.05, 4.69) is 0 Å². The predicted octanol–water partition coefficient (Wildman–Crippen LogP) is -2.01. The normalized spacial score (nSPS) is 38.0. The van der Waals surface area contributed by atoms with Crippen molar-refractivity contribution >= 4 is 17.7 Å². The molecule has 0 aliphatic carbocycles. The molecule has 0 saturated carbocycles. The zero-order chi connectivity index (χ0) is 13.0. The number of carbonyl (C=O) groups is 1. The summed E-state index contributed by atoms with van der Waals surface area (Å²) in [6.45, 7) is -0.485. The molecule has 5 atom stereocenters. The van der Waals surface area contributed by atoms with Crippen LogP contribution in [0.1, 0.15) is 6.42 Å². The highest BCUT2D eigenvalue weighted by atomic mass is 32.2. The first kappa shape index (κ1) is 14.7. The van der Waals surface area contributed by atoms with Crippen molar-refractivity contribution in [3.8, 4) is 0 Å². The third-order valence-electron chi connectivity index (χ3n) is 2.45. The molecule has 1 saturated heterocycles. The monoisotopic (exact) mass is 268 g/mol. The van der Waals surface area contributed by atoms with Gasteiger partial charge in [0.15, 0.2) is 0 Å². The molecule has 0 aromatic carbocycles. The van der Waals surface area contributed by atoms with E-state index in [4.69, 9.17) is 14.9 Å². The number of aliphatic hydroxyl groups excluding tert-OH is 4. The lowest BCUT2D eigenvalue weighted by Crippen LogP contribution is -2.57. The Kier molecular flexibility index (Phi) is 5.63. The van der Waals surface area contributed by atoms with E-state index in [-0.39, 0.29) is 12.2 Å². The number of carboxylic acids is 1. The molecule has 0 aromatic heterocycles. The summed E-state index contributed by atoms with van der Waals surface area (Å²) in [5, 5.41) is 45.9. The van der Waals surface area contributed by atoms with E-state index in [1.165, 1.54) is 0 Å². The van der Waals surface area contributed by atoms with Crippen molar-refractivity contribution in [3.63, 3.8) is 0 Å². The molecule has 17 heavy (non-hydrogen) atoms. The molecular formula is C9H16O7S. The third-order valence-corrected chi connectivity index (χ3v) is 3.60. The number of aliphatic carboxylic acids is 1. The summed E-state index contributed by atoms with van der Waals surface area (Å²) in [5.74, 6) is -0.764. The van der Waals surface area contributed by atoms with Gasteiger partial charge in [-0.25, -0.2) is 0 Å². The average molecular weight is 268 g/mol. The maximum atomic E-state index is 10.3. The third kappa shape index (κ3) is 3.80. The van der Waals surface area contributed by atoms with Gasteiger partial charge in [0.1, 0.15) is 29.9 Å². The fourth-order valence-electron chi connectivity index (χ4n) is 1.47. The van der Waals surface area contributed by atoms with Crippen molar-refractivity contribution in [1.82, 2.24) is 0 Å². The molecular weight excluding hydrogens is 252 g/mol. The maximum Gasteiger partial charge on any atom is 0.304 e.